The maximum atomic E-state index is 11.6. The third-order valence-corrected chi connectivity index (χ3v) is 3.03. The number of rotatable bonds is 7. The molecule has 1 heterocycles. The van der Waals surface area contributed by atoms with Crippen molar-refractivity contribution in [3.63, 3.8) is 0 Å². The number of carboxylic acid groups (broad SMARTS) is 1. The maximum absolute atomic E-state index is 11.6. The van der Waals surface area contributed by atoms with E-state index in [9.17, 15) is 9.59 Å². The summed E-state index contributed by atoms with van der Waals surface area (Å²) in [5.41, 5.74) is 0. The van der Waals surface area contributed by atoms with Crippen LogP contribution < -0.4 is 5.32 Å². The standard InChI is InChI=1S/C13H17NO4S/c1-9-3-4-10(18-9)5-6-12(15)14-11(13(16)17)7-8-19-2/h3-6,11H,7-8H2,1-2H3,(H,14,15)(H,16,17)/b6-5+. The molecule has 0 aliphatic carbocycles. The van der Waals surface area contributed by atoms with Crippen LogP contribution in [0.15, 0.2) is 22.6 Å². The minimum Gasteiger partial charge on any atom is -0.480 e. The highest BCUT2D eigenvalue weighted by atomic mass is 32.2. The number of carbonyl (C=O) groups is 2. The van der Waals surface area contributed by atoms with Crippen LogP contribution in [0.4, 0.5) is 0 Å². The number of nitrogens with one attached hydrogen (secondary N) is 1. The summed E-state index contributed by atoms with van der Waals surface area (Å²) in [6, 6.07) is 2.67. The van der Waals surface area contributed by atoms with Crippen molar-refractivity contribution in [3.8, 4) is 0 Å². The van der Waals surface area contributed by atoms with Gasteiger partial charge in [-0.3, -0.25) is 4.79 Å². The van der Waals surface area contributed by atoms with Crippen LogP contribution in [0.5, 0.6) is 0 Å². The number of amides is 1. The lowest BCUT2D eigenvalue weighted by atomic mass is 10.2. The van der Waals surface area contributed by atoms with Gasteiger partial charge in [0.1, 0.15) is 17.6 Å². The second-order valence-corrected chi connectivity index (χ2v) is 4.95. The molecule has 1 amide bonds. The predicted octanol–water partition coefficient (Wildman–Crippen LogP) is 1.92. The molecular weight excluding hydrogens is 266 g/mol. The van der Waals surface area contributed by atoms with E-state index >= 15 is 0 Å². The van der Waals surface area contributed by atoms with Crippen molar-refractivity contribution in [3.05, 3.63) is 29.7 Å². The van der Waals surface area contributed by atoms with Crippen LogP contribution in [0, 0.1) is 6.92 Å². The number of hydrogen-bond donors (Lipinski definition) is 2. The van der Waals surface area contributed by atoms with Gasteiger partial charge in [-0.15, -0.1) is 0 Å². The van der Waals surface area contributed by atoms with E-state index in [-0.39, 0.29) is 0 Å². The van der Waals surface area contributed by atoms with Crippen LogP contribution in [0.2, 0.25) is 0 Å². The first kappa shape index (κ1) is 15.4. The maximum Gasteiger partial charge on any atom is 0.326 e. The first-order chi connectivity index (χ1) is 9.02. The Morgan fingerprint density at radius 1 is 1.53 bits per heavy atom. The number of aryl methyl sites for hydroxylation is 1. The van der Waals surface area contributed by atoms with Gasteiger partial charge in [-0.2, -0.15) is 11.8 Å². The summed E-state index contributed by atoms with van der Waals surface area (Å²) in [4.78, 5) is 22.5. The third kappa shape index (κ3) is 5.65. The molecular formula is C13H17NO4S. The minimum atomic E-state index is -1.02. The average Bonchev–Trinajstić information content (AvgIpc) is 2.77. The molecule has 1 aromatic heterocycles. The quantitative estimate of drug-likeness (QED) is 0.747. The smallest absolute Gasteiger partial charge is 0.326 e. The van der Waals surface area contributed by atoms with Gasteiger partial charge in [-0.1, -0.05) is 0 Å². The topological polar surface area (TPSA) is 79.5 Å². The molecule has 0 saturated heterocycles. The Kier molecular flexibility index (Phi) is 6.21. The molecule has 0 aromatic carbocycles. The van der Waals surface area contributed by atoms with Crippen molar-refractivity contribution >= 4 is 29.7 Å². The van der Waals surface area contributed by atoms with Gasteiger partial charge >= 0.3 is 5.97 Å². The first-order valence-electron chi connectivity index (χ1n) is 5.79. The second-order valence-electron chi connectivity index (χ2n) is 3.96. The van der Waals surface area contributed by atoms with E-state index in [1.165, 1.54) is 23.9 Å². The lowest BCUT2D eigenvalue weighted by molar-refractivity contribution is -0.141. The highest BCUT2D eigenvalue weighted by Gasteiger charge is 2.17. The third-order valence-electron chi connectivity index (χ3n) is 2.39. The molecule has 0 aliphatic heterocycles. The molecule has 5 nitrogen and oxygen atoms in total. The number of hydrogen-bond acceptors (Lipinski definition) is 4. The number of carbonyl (C=O) groups excluding carboxylic acids is 1. The molecule has 104 valence electrons. The molecule has 1 aromatic rings. The first-order valence-corrected chi connectivity index (χ1v) is 7.19. The molecule has 1 rings (SSSR count). The van der Waals surface area contributed by atoms with Crippen LogP contribution >= 0.6 is 11.8 Å². The van der Waals surface area contributed by atoms with Crippen molar-refractivity contribution in [2.45, 2.75) is 19.4 Å². The lowest BCUT2D eigenvalue weighted by Crippen LogP contribution is -2.40. The Balaban J connectivity index is 2.52. The highest BCUT2D eigenvalue weighted by Crippen LogP contribution is 2.08. The van der Waals surface area contributed by atoms with Gasteiger partial charge in [-0.05, 0) is 43.6 Å². The molecule has 2 N–H and O–H groups in total. The number of aliphatic carboxylic acids is 1. The fourth-order valence-electron chi connectivity index (χ4n) is 1.41. The van der Waals surface area contributed by atoms with E-state index in [0.29, 0.717) is 17.9 Å². The molecule has 0 aliphatic rings. The van der Waals surface area contributed by atoms with Crippen molar-refractivity contribution in [2.24, 2.45) is 0 Å². The van der Waals surface area contributed by atoms with Crippen LogP contribution in [0.25, 0.3) is 6.08 Å². The van der Waals surface area contributed by atoms with E-state index in [2.05, 4.69) is 5.32 Å². The van der Waals surface area contributed by atoms with Crippen LogP contribution in [-0.2, 0) is 9.59 Å². The van der Waals surface area contributed by atoms with Gasteiger partial charge < -0.3 is 14.8 Å². The SMILES string of the molecule is CSCCC(NC(=O)/C=C/c1ccc(C)o1)C(=O)O. The molecule has 1 atom stereocenters. The van der Waals surface area contributed by atoms with Gasteiger partial charge in [0, 0.05) is 6.08 Å². The summed E-state index contributed by atoms with van der Waals surface area (Å²) in [5, 5.41) is 11.4. The summed E-state index contributed by atoms with van der Waals surface area (Å²) in [6.45, 7) is 1.81. The Morgan fingerprint density at radius 2 is 2.26 bits per heavy atom. The summed E-state index contributed by atoms with van der Waals surface area (Å²) >= 11 is 1.54. The van der Waals surface area contributed by atoms with Crippen molar-refractivity contribution < 1.29 is 19.1 Å². The summed E-state index contributed by atoms with van der Waals surface area (Å²) in [5.74, 6) is 0.525. The fourth-order valence-corrected chi connectivity index (χ4v) is 1.89. The van der Waals surface area contributed by atoms with Crippen molar-refractivity contribution in [1.29, 1.82) is 0 Å². The predicted molar refractivity (Wildman–Crippen MR) is 75.0 cm³/mol. The monoisotopic (exact) mass is 283 g/mol. The van der Waals surface area contributed by atoms with E-state index < -0.39 is 17.9 Å². The lowest BCUT2D eigenvalue weighted by Gasteiger charge is -2.12. The van der Waals surface area contributed by atoms with E-state index in [1.807, 2.05) is 6.26 Å². The summed E-state index contributed by atoms with van der Waals surface area (Å²) in [6.07, 6.45) is 5.07. The minimum absolute atomic E-state index is 0.399. The van der Waals surface area contributed by atoms with Crippen LogP contribution in [0.1, 0.15) is 17.9 Å². The summed E-state index contributed by atoms with van der Waals surface area (Å²) in [7, 11) is 0. The van der Waals surface area contributed by atoms with Gasteiger partial charge in [-0.25, -0.2) is 4.79 Å². The Hall–Kier alpha value is -1.69. The number of furan rings is 1. The Labute approximate surface area is 116 Å². The van der Waals surface area contributed by atoms with Gasteiger partial charge in [0.2, 0.25) is 5.91 Å². The average molecular weight is 283 g/mol. The zero-order valence-electron chi connectivity index (χ0n) is 10.9. The molecule has 1 unspecified atom stereocenters. The normalized spacial score (nSPS) is 12.5. The van der Waals surface area contributed by atoms with Gasteiger partial charge in [0.05, 0.1) is 0 Å². The van der Waals surface area contributed by atoms with Crippen LogP contribution in [-0.4, -0.2) is 35.0 Å². The van der Waals surface area contributed by atoms with E-state index in [0.717, 1.165) is 5.76 Å². The van der Waals surface area contributed by atoms with E-state index in [4.69, 9.17) is 9.52 Å². The molecule has 6 heteroatoms. The second kappa shape index (κ2) is 7.68. The molecule has 0 spiro atoms. The molecule has 0 saturated carbocycles. The van der Waals surface area contributed by atoms with Crippen LogP contribution in [0.3, 0.4) is 0 Å². The molecule has 0 radical (unpaired) electrons. The summed E-state index contributed by atoms with van der Waals surface area (Å²) < 4.78 is 5.26. The van der Waals surface area contributed by atoms with E-state index in [1.54, 1.807) is 19.1 Å². The zero-order valence-corrected chi connectivity index (χ0v) is 11.7. The largest absolute Gasteiger partial charge is 0.480 e. The molecule has 0 fully saturated rings. The number of carboxylic acids is 1. The van der Waals surface area contributed by atoms with Gasteiger partial charge in [0.15, 0.2) is 0 Å². The van der Waals surface area contributed by atoms with Gasteiger partial charge in [0.25, 0.3) is 0 Å². The Bertz CT molecular complexity index is 467. The van der Waals surface area contributed by atoms with Crippen molar-refractivity contribution in [2.75, 3.05) is 12.0 Å². The highest BCUT2D eigenvalue weighted by molar-refractivity contribution is 7.98. The van der Waals surface area contributed by atoms with Crippen molar-refractivity contribution in [1.82, 2.24) is 5.32 Å². The number of thioether (sulfide) groups is 1. The fraction of sp³-hybridized carbons (Fsp3) is 0.385. The zero-order chi connectivity index (χ0) is 14.3. The Morgan fingerprint density at radius 3 is 2.79 bits per heavy atom. The molecule has 0 bridgehead atoms. The molecule has 19 heavy (non-hydrogen) atoms.